The zero-order chi connectivity index (χ0) is 28.1. The number of nitrogens with two attached hydrogens (primary N) is 2. The van der Waals surface area contributed by atoms with Crippen molar-refractivity contribution in [1.82, 2.24) is 16.0 Å². The van der Waals surface area contributed by atoms with Crippen LogP contribution < -0.4 is 27.4 Å². The van der Waals surface area contributed by atoms with E-state index in [0.29, 0.717) is 31.4 Å². The highest BCUT2D eigenvalue weighted by Gasteiger charge is 2.34. The van der Waals surface area contributed by atoms with Crippen molar-refractivity contribution in [3.63, 3.8) is 0 Å². The number of hydrogen-bond donors (Lipinski definition) is 8. The van der Waals surface area contributed by atoms with E-state index in [1.165, 1.54) is 19.1 Å². The van der Waals surface area contributed by atoms with E-state index in [1.807, 2.05) is 0 Å². The van der Waals surface area contributed by atoms with Crippen LogP contribution in [0.5, 0.6) is 5.75 Å². The standard InChI is InChI=1S/C25H41N5O7/c1-4-14(2)20(25(36)37)29-24(35)21(15(3)31)30-23(34)19(7-5-6-12-26)28-22(33)18(27)13-16-8-10-17(32)11-9-16/h8-11,14-15,18-21,31-32H,4-7,12-13,26-27H2,1-3H3,(H,28,33)(H,29,35)(H,30,34)(H,36,37). The van der Waals surface area contributed by atoms with E-state index in [4.69, 9.17) is 11.5 Å². The normalized spacial score (nSPS) is 15.9. The second-order valence-corrected chi connectivity index (χ2v) is 9.26. The molecule has 0 aliphatic heterocycles. The van der Waals surface area contributed by atoms with E-state index >= 15 is 0 Å². The summed E-state index contributed by atoms with van der Waals surface area (Å²) in [6.45, 7) is 5.12. The van der Waals surface area contributed by atoms with Crippen molar-refractivity contribution in [2.24, 2.45) is 17.4 Å². The van der Waals surface area contributed by atoms with Crippen LogP contribution in [0.3, 0.4) is 0 Å². The Morgan fingerprint density at radius 1 is 0.919 bits per heavy atom. The van der Waals surface area contributed by atoms with Gasteiger partial charge in [-0.2, -0.15) is 0 Å². The average molecular weight is 524 g/mol. The molecule has 6 atom stereocenters. The number of benzene rings is 1. The number of hydrogen-bond acceptors (Lipinski definition) is 8. The van der Waals surface area contributed by atoms with Gasteiger partial charge in [-0.3, -0.25) is 14.4 Å². The van der Waals surface area contributed by atoms with Gasteiger partial charge in [0.05, 0.1) is 12.1 Å². The topological polar surface area (TPSA) is 217 Å². The number of aliphatic hydroxyl groups is 1. The van der Waals surface area contributed by atoms with Gasteiger partial charge in [-0.05, 0) is 62.8 Å². The smallest absolute Gasteiger partial charge is 0.326 e. The van der Waals surface area contributed by atoms with Crippen LogP contribution in [0.25, 0.3) is 0 Å². The molecule has 0 aromatic heterocycles. The maximum Gasteiger partial charge on any atom is 0.326 e. The highest BCUT2D eigenvalue weighted by atomic mass is 16.4. The van der Waals surface area contributed by atoms with Crippen LogP contribution in [0, 0.1) is 5.92 Å². The van der Waals surface area contributed by atoms with E-state index in [9.17, 15) is 34.5 Å². The minimum atomic E-state index is -1.45. The number of aromatic hydroxyl groups is 1. The SMILES string of the molecule is CCC(C)C(NC(=O)C(NC(=O)C(CCCCN)NC(=O)C(N)Cc1ccc(O)cc1)C(C)O)C(=O)O. The van der Waals surface area contributed by atoms with Gasteiger partial charge in [0, 0.05) is 0 Å². The number of carboxylic acid groups (broad SMARTS) is 1. The van der Waals surface area contributed by atoms with Gasteiger partial charge in [0.1, 0.15) is 23.9 Å². The van der Waals surface area contributed by atoms with Crippen LogP contribution in [0.1, 0.15) is 52.0 Å². The van der Waals surface area contributed by atoms with Crippen molar-refractivity contribution >= 4 is 23.7 Å². The van der Waals surface area contributed by atoms with E-state index in [0.717, 1.165) is 0 Å². The van der Waals surface area contributed by atoms with Crippen LogP contribution in [-0.2, 0) is 25.6 Å². The summed E-state index contributed by atoms with van der Waals surface area (Å²) in [5.74, 6) is -3.71. The Balaban J connectivity index is 2.96. The molecule has 0 fully saturated rings. The molecule has 208 valence electrons. The van der Waals surface area contributed by atoms with E-state index < -0.39 is 54.0 Å². The van der Waals surface area contributed by atoms with E-state index in [-0.39, 0.29) is 24.5 Å². The molecule has 0 aliphatic carbocycles. The Hall–Kier alpha value is -3.22. The molecular weight excluding hydrogens is 482 g/mol. The summed E-state index contributed by atoms with van der Waals surface area (Å²) in [6, 6.07) is 1.50. The lowest BCUT2D eigenvalue weighted by Gasteiger charge is -2.27. The number of rotatable bonds is 16. The molecule has 1 rings (SSSR count). The first-order valence-corrected chi connectivity index (χ1v) is 12.5. The van der Waals surface area contributed by atoms with Crippen molar-refractivity contribution in [2.45, 2.75) is 83.1 Å². The number of carboxylic acids is 1. The van der Waals surface area contributed by atoms with Gasteiger partial charge >= 0.3 is 5.97 Å². The summed E-state index contributed by atoms with van der Waals surface area (Å²) < 4.78 is 0. The Morgan fingerprint density at radius 3 is 2.03 bits per heavy atom. The van der Waals surface area contributed by atoms with Crippen molar-refractivity contribution in [3.8, 4) is 5.75 Å². The molecule has 3 amide bonds. The van der Waals surface area contributed by atoms with Gasteiger partial charge < -0.3 is 42.7 Å². The van der Waals surface area contributed by atoms with E-state index in [2.05, 4.69) is 16.0 Å². The highest BCUT2D eigenvalue weighted by molar-refractivity contribution is 5.94. The molecule has 0 saturated heterocycles. The monoisotopic (exact) mass is 523 g/mol. The molecule has 0 aliphatic rings. The lowest BCUT2D eigenvalue weighted by atomic mass is 9.98. The number of nitrogens with one attached hydrogen (secondary N) is 3. The van der Waals surface area contributed by atoms with Crippen LogP contribution in [0.2, 0.25) is 0 Å². The van der Waals surface area contributed by atoms with Gasteiger partial charge in [-0.15, -0.1) is 0 Å². The second kappa shape index (κ2) is 15.8. The Bertz CT molecular complexity index is 894. The molecule has 12 nitrogen and oxygen atoms in total. The van der Waals surface area contributed by atoms with Crippen LogP contribution >= 0.6 is 0 Å². The molecule has 0 heterocycles. The molecule has 6 unspecified atom stereocenters. The number of unbranched alkanes of at least 4 members (excludes halogenated alkanes) is 1. The third-order valence-electron chi connectivity index (χ3n) is 6.15. The van der Waals surface area contributed by atoms with Crippen LogP contribution in [0.15, 0.2) is 24.3 Å². The summed E-state index contributed by atoms with van der Waals surface area (Å²) >= 11 is 0. The number of aliphatic hydroxyl groups excluding tert-OH is 1. The molecule has 0 spiro atoms. The average Bonchev–Trinajstić information content (AvgIpc) is 2.85. The summed E-state index contributed by atoms with van der Waals surface area (Å²) in [6.07, 6.45) is 0.612. The van der Waals surface area contributed by atoms with Gasteiger partial charge in [0.15, 0.2) is 0 Å². The molecule has 0 radical (unpaired) electrons. The van der Waals surface area contributed by atoms with Gasteiger partial charge in [0.2, 0.25) is 17.7 Å². The molecule has 0 saturated carbocycles. The molecule has 12 heteroatoms. The van der Waals surface area contributed by atoms with Crippen molar-refractivity contribution < 1.29 is 34.5 Å². The largest absolute Gasteiger partial charge is 0.508 e. The summed E-state index contributed by atoms with van der Waals surface area (Å²) in [4.78, 5) is 50.2. The first-order valence-electron chi connectivity index (χ1n) is 12.5. The second-order valence-electron chi connectivity index (χ2n) is 9.26. The van der Waals surface area contributed by atoms with Crippen molar-refractivity contribution in [3.05, 3.63) is 29.8 Å². The fourth-order valence-electron chi connectivity index (χ4n) is 3.60. The first-order chi connectivity index (χ1) is 17.4. The predicted octanol–water partition coefficient (Wildman–Crippen LogP) is -0.643. The molecule has 1 aromatic carbocycles. The number of amides is 3. The number of carbonyl (C=O) groups is 4. The molecular formula is C25H41N5O7. The zero-order valence-corrected chi connectivity index (χ0v) is 21.6. The fraction of sp³-hybridized carbons (Fsp3) is 0.600. The van der Waals surface area contributed by atoms with E-state index in [1.54, 1.807) is 26.0 Å². The zero-order valence-electron chi connectivity index (χ0n) is 21.6. The molecule has 37 heavy (non-hydrogen) atoms. The van der Waals surface area contributed by atoms with Gasteiger partial charge in [0.25, 0.3) is 0 Å². The minimum absolute atomic E-state index is 0.0777. The molecule has 10 N–H and O–H groups in total. The lowest BCUT2D eigenvalue weighted by Crippen LogP contribution is -2.60. The van der Waals surface area contributed by atoms with Gasteiger partial charge in [-0.1, -0.05) is 32.4 Å². The predicted molar refractivity (Wildman–Crippen MR) is 137 cm³/mol. The minimum Gasteiger partial charge on any atom is -0.508 e. The Kier molecular flexibility index (Phi) is 13.6. The summed E-state index contributed by atoms with van der Waals surface area (Å²) in [7, 11) is 0. The quantitative estimate of drug-likeness (QED) is 0.129. The Morgan fingerprint density at radius 2 is 1.51 bits per heavy atom. The molecule has 1 aromatic rings. The van der Waals surface area contributed by atoms with Crippen molar-refractivity contribution in [1.29, 1.82) is 0 Å². The summed E-state index contributed by atoms with van der Waals surface area (Å²) in [5, 5.41) is 36.5. The molecule has 0 bridgehead atoms. The Labute approximate surface area is 217 Å². The van der Waals surface area contributed by atoms with Crippen LogP contribution in [-0.4, -0.2) is 75.8 Å². The first kappa shape index (κ1) is 31.8. The summed E-state index contributed by atoms with van der Waals surface area (Å²) in [5.41, 5.74) is 12.3. The highest BCUT2D eigenvalue weighted by Crippen LogP contribution is 2.12. The maximum absolute atomic E-state index is 13.1. The third-order valence-corrected chi connectivity index (χ3v) is 6.15. The third kappa shape index (κ3) is 10.7. The number of aliphatic carboxylic acids is 1. The number of phenols is 1. The fourth-order valence-corrected chi connectivity index (χ4v) is 3.60. The van der Waals surface area contributed by atoms with Gasteiger partial charge in [-0.25, -0.2) is 4.79 Å². The van der Waals surface area contributed by atoms with Crippen LogP contribution in [0.4, 0.5) is 0 Å². The van der Waals surface area contributed by atoms with Crippen molar-refractivity contribution in [2.75, 3.05) is 6.54 Å². The maximum atomic E-state index is 13.1. The number of phenolic OH excluding ortho intramolecular Hbond substituents is 1. The lowest BCUT2D eigenvalue weighted by molar-refractivity contribution is -0.144. The number of carbonyl (C=O) groups excluding carboxylic acids is 3.